The molecule has 1 aromatic heterocycles. The highest BCUT2D eigenvalue weighted by Crippen LogP contribution is 2.20. The maximum Gasteiger partial charge on any atom is 0.251 e. The molecule has 5 nitrogen and oxygen atoms in total. The highest BCUT2D eigenvalue weighted by molar-refractivity contribution is 14.1. The molecule has 0 aliphatic carbocycles. The average molecular weight is 371 g/mol. The number of halogens is 1. The maximum atomic E-state index is 12.0. The fourth-order valence-electron chi connectivity index (χ4n) is 1.72. The molecular formula is C13H14IN3O2. The molecule has 0 saturated heterocycles. The van der Waals surface area contributed by atoms with Gasteiger partial charge in [0.1, 0.15) is 5.75 Å². The van der Waals surface area contributed by atoms with Crippen molar-refractivity contribution in [2.45, 2.75) is 19.5 Å². The van der Waals surface area contributed by atoms with E-state index >= 15 is 0 Å². The number of nitrogens with one attached hydrogen (secondary N) is 1. The Bertz CT molecular complexity index is 569. The molecule has 1 aromatic carbocycles. The summed E-state index contributed by atoms with van der Waals surface area (Å²) in [4.78, 5) is 15.9. The molecule has 0 aliphatic rings. The van der Waals surface area contributed by atoms with E-state index in [1.165, 1.54) is 6.07 Å². The molecule has 0 bridgehead atoms. The number of carbonyl (C=O) groups is 1. The largest absolute Gasteiger partial charge is 0.507 e. The van der Waals surface area contributed by atoms with Crippen LogP contribution in [0, 0.1) is 3.57 Å². The van der Waals surface area contributed by atoms with Crippen LogP contribution < -0.4 is 5.32 Å². The number of hydrogen-bond acceptors (Lipinski definition) is 3. The summed E-state index contributed by atoms with van der Waals surface area (Å²) < 4.78 is 2.62. The third-order valence-corrected chi connectivity index (χ3v) is 3.54. The number of aromatic nitrogens is 2. The summed E-state index contributed by atoms with van der Waals surface area (Å²) in [6.07, 6.45) is 5.25. The fraction of sp³-hybridized carbons (Fsp3) is 0.231. The highest BCUT2D eigenvalue weighted by atomic mass is 127. The van der Waals surface area contributed by atoms with Gasteiger partial charge in [0.2, 0.25) is 0 Å². The van der Waals surface area contributed by atoms with Crippen molar-refractivity contribution in [1.82, 2.24) is 14.9 Å². The quantitative estimate of drug-likeness (QED) is 0.809. The summed E-state index contributed by atoms with van der Waals surface area (Å²) in [6.45, 7) is 2.58. The van der Waals surface area contributed by atoms with Crippen LogP contribution in [0.4, 0.5) is 0 Å². The van der Waals surface area contributed by atoms with Crippen LogP contribution in [-0.2, 0) is 6.54 Å². The molecule has 1 amide bonds. The summed E-state index contributed by atoms with van der Waals surface area (Å²) >= 11 is 2.01. The van der Waals surface area contributed by atoms with Crippen molar-refractivity contribution < 1.29 is 9.90 Å². The Morgan fingerprint density at radius 1 is 1.58 bits per heavy atom. The summed E-state index contributed by atoms with van der Waals surface area (Å²) in [7, 11) is 0. The van der Waals surface area contributed by atoms with Crippen molar-refractivity contribution in [3.8, 4) is 5.75 Å². The lowest BCUT2D eigenvalue weighted by Crippen LogP contribution is -2.35. The van der Waals surface area contributed by atoms with Gasteiger partial charge < -0.3 is 15.0 Å². The molecule has 1 unspecified atom stereocenters. The van der Waals surface area contributed by atoms with Gasteiger partial charge in [0.15, 0.2) is 0 Å². The van der Waals surface area contributed by atoms with E-state index in [0.29, 0.717) is 12.1 Å². The van der Waals surface area contributed by atoms with Crippen LogP contribution in [0.15, 0.2) is 36.9 Å². The molecule has 1 heterocycles. The van der Waals surface area contributed by atoms with Crippen LogP contribution in [0.2, 0.25) is 0 Å². The number of amides is 1. The van der Waals surface area contributed by atoms with Crippen LogP contribution >= 0.6 is 22.6 Å². The van der Waals surface area contributed by atoms with Crippen molar-refractivity contribution in [3.05, 3.63) is 46.1 Å². The third-order valence-electron chi connectivity index (χ3n) is 2.63. The van der Waals surface area contributed by atoms with E-state index in [4.69, 9.17) is 0 Å². The molecule has 2 N–H and O–H groups in total. The number of nitrogens with zero attached hydrogens (tertiary/aromatic N) is 2. The molecule has 0 radical (unpaired) electrons. The van der Waals surface area contributed by atoms with Gasteiger partial charge in [-0.3, -0.25) is 4.79 Å². The molecule has 0 saturated carbocycles. The molecule has 2 rings (SSSR count). The minimum Gasteiger partial charge on any atom is -0.507 e. The Balaban J connectivity index is 1.98. The van der Waals surface area contributed by atoms with Gasteiger partial charge in [-0.1, -0.05) is 0 Å². The number of benzene rings is 1. The van der Waals surface area contributed by atoms with Crippen molar-refractivity contribution in [2.24, 2.45) is 0 Å². The molecule has 0 spiro atoms. The van der Waals surface area contributed by atoms with Crippen LogP contribution in [0.5, 0.6) is 5.75 Å². The van der Waals surface area contributed by atoms with E-state index < -0.39 is 0 Å². The molecule has 6 heteroatoms. The molecule has 19 heavy (non-hydrogen) atoms. The Morgan fingerprint density at radius 3 is 3.00 bits per heavy atom. The number of rotatable bonds is 4. The van der Waals surface area contributed by atoms with E-state index in [2.05, 4.69) is 10.3 Å². The van der Waals surface area contributed by atoms with E-state index in [1.807, 2.05) is 40.3 Å². The first-order valence-electron chi connectivity index (χ1n) is 5.81. The van der Waals surface area contributed by atoms with Gasteiger partial charge in [0.05, 0.1) is 9.90 Å². The van der Waals surface area contributed by atoms with Gasteiger partial charge in [0.25, 0.3) is 5.91 Å². The number of phenols is 1. The Hall–Kier alpha value is -1.57. The standard InChI is InChI=1S/C13H14IN3O2/c1-9(7-17-5-4-15-8-17)16-13(19)10-2-3-11(14)12(18)6-10/h2-6,8-9,18H,7H2,1H3,(H,16,19). The molecular weight excluding hydrogens is 357 g/mol. The summed E-state index contributed by atoms with van der Waals surface area (Å²) in [5.41, 5.74) is 0.454. The average Bonchev–Trinajstić information content (AvgIpc) is 2.85. The van der Waals surface area contributed by atoms with E-state index in [0.717, 1.165) is 3.57 Å². The van der Waals surface area contributed by atoms with Crippen molar-refractivity contribution in [1.29, 1.82) is 0 Å². The van der Waals surface area contributed by atoms with Crippen LogP contribution in [-0.4, -0.2) is 26.6 Å². The second-order valence-corrected chi connectivity index (χ2v) is 5.46. The monoisotopic (exact) mass is 371 g/mol. The summed E-state index contributed by atoms with van der Waals surface area (Å²) in [6, 6.07) is 4.86. The van der Waals surface area contributed by atoms with Gasteiger partial charge in [0, 0.05) is 30.5 Å². The molecule has 0 fully saturated rings. The lowest BCUT2D eigenvalue weighted by Gasteiger charge is -2.14. The first kappa shape index (κ1) is 13.9. The third kappa shape index (κ3) is 3.69. The molecule has 0 aliphatic heterocycles. The molecule has 1 atom stereocenters. The minimum atomic E-state index is -0.195. The summed E-state index contributed by atoms with van der Waals surface area (Å²) in [5.74, 6) is -0.0742. The van der Waals surface area contributed by atoms with Gasteiger partial charge >= 0.3 is 0 Å². The predicted octanol–water partition coefficient (Wildman–Crippen LogP) is 2.01. The van der Waals surface area contributed by atoms with Crippen LogP contribution in [0.25, 0.3) is 0 Å². The Kier molecular flexibility index (Phi) is 4.41. The van der Waals surface area contributed by atoms with Gasteiger partial charge in [-0.25, -0.2) is 4.98 Å². The number of imidazole rings is 1. The topological polar surface area (TPSA) is 67.2 Å². The van der Waals surface area contributed by atoms with E-state index in [1.54, 1.807) is 24.7 Å². The predicted molar refractivity (Wildman–Crippen MR) is 80.0 cm³/mol. The first-order chi connectivity index (χ1) is 9.06. The van der Waals surface area contributed by atoms with Gasteiger partial charge in [-0.05, 0) is 47.7 Å². The van der Waals surface area contributed by atoms with Gasteiger partial charge in [-0.2, -0.15) is 0 Å². The SMILES string of the molecule is CC(Cn1ccnc1)NC(=O)c1ccc(I)c(O)c1. The lowest BCUT2D eigenvalue weighted by molar-refractivity contribution is 0.0936. The van der Waals surface area contributed by atoms with E-state index in [-0.39, 0.29) is 17.7 Å². The van der Waals surface area contributed by atoms with Crippen LogP contribution in [0.3, 0.4) is 0 Å². The van der Waals surface area contributed by atoms with Crippen molar-refractivity contribution >= 4 is 28.5 Å². The van der Waals surface area contributed by atoms with Gasteiger partial charge in [-0.15, -0.1) is 0 Å². The first-order valence-corrected chi connectivity index (χ1v) is 6.89. The number of hydrogen-bond donors (Lipinski definition) is 2. The molecule has 2 aromatic rings. The zero-order valence-electron chi connectivity index (χ0n) is 10.4. The highest BCUT2D eigenvalue weighted by Gasteiger charge is 2.11. The Labute approximate surface area is 124 Å². The zero-order valence-corrected chi connectivity index (χ0v) is 12.5. The van der Waals surface area contributed by atoms with Crippen molar-refractivity contribution in [3.63, 3.8) is 0 Å². The van der Waals surface area contributed by atoms with E-state index in [9.17, 15) is 9.90 Å². The van der Waals surface area contributed by atoms with Crippen LogP contribution in [0.1, 0.15) is 17.3 Å². The fourth-order valence-corrected chi connectivity index (χ4v) is 2.05. The van der Waals surface area contributed by atoms with Crippen molar-refractivity contribution in [2.75, 3.05) is 0 Å². The second kappa shape index (κ2) is 6.05. The zero-order chi connectivity index (χ0) is 13.8. The normalized spacial score (nSPS) is 12.1. The lowest BCUT2D eigenvalue weighted by atomic mass is 10.2. The number of carbonyl (C=O) groups excluding carboxylic acids is 1. The smallest absolute Gasteiger partial charge is 0.251 e. The molecule has 100 valence electrons. The number of phenolic OH excluding ortho intramolecular Hbond substituents is 1. The Morgan fingerprint density at radius 2 is 2.37 bits per heavy atom. The summed E-state index contributed by atoms with van der Waals surface area (Å²) in [5, 5.41) is 12.5. The second-order valence-electron chi connectivity index (χ2n) is 4.30. The maximum absolute atomic E-state index is 12.0. The minimum absolute atomic E-state index is 0.0249. The number of aromatic hydroxyl groups is 1.